The van der Waals surface area contributed by atoms with Crippen LogP contribution in [-0.4, -0.2) is 66.8 Å². The second-order valence-corrected chi connectivity index (χ2v) is 30.6. The predicted octanol–water partition coefficient (Wildman–Crippen LogP) is 19.5. The van der Waals surface area contributed by atoms with Gasteiger partial charge in [0, 0.05) is 128 Å². The summed E-state index contributed by atoms with van der Waals surface area (Å²) in [5.41, 5.74) is 23.1. The van der Waals surface area contributed by atoms with E-state index in [4.69, 9.17) is 40.8 Å². The highest BCUT2D eigenvalue weighted by Crippen LogP contribution is 2.45. The molecule has 530 valence electrons. The second kappa shape index (κ2) is 30.9. The maximum atomic E-state index is 5.55. The Bertz CT molecular complexity index is 4840. The molecular weight excluding hydrogens is 1280 g/mol. The van der Waals surface area contributed by atoms with E-state index < -0.39 is 0 Å². The number of para-hydroxylation sites is 4. The number of rotatable bonds is 29. The summed E-state index contributed by atoms with van der Waals surface area (Å²) in [6.45, 7) is 32.6. The quantitative estimate of drug-likeness (QED) is 0.0445. The fourth-order valence-electron chi connectivity index (χ4n) is 14.6. The van der Waals surface area contributed by atoms with Crippen LogP contribution in [0.4, 0.5) is 45.5 Å². The molecule has 1 N–H and O–H groups in total. The van der Waals surface area contributed by atoms with Gasteiger partial charge in [-0.1, -0.05) is 204 Å². The van der Waals surface area contributed by atoms with Crippen molar-refractivity contribution in [3.63, 3.8) is 0 Å². The van der Waals surface area contributed by atoms with Gasteiger partial charge >= 0.3 is 0 Å². The van der Waals surface area contributed by atoms with E-state index in [2.05, 4.69) is 326 Å². The first-order valence-corrected chi connectivity index (χ1v) is 37.5. The molecular formula is C88H98N16. The molecule has 0 spiro atoms. The molecule has 0 bridgehead atoms. The summed E-state index contributed by atoms with van der Waals surface area (Å²) in [5.74, 6) is 2.53. The summed E-state index contributed by atoms with van der Waals surface area (Å²) in [5, 5.41) is 45.7. The van der Waals surface area contributed by atoms with Crippen molar-refractivity contribution >= 4 is 89.6 Å². The lowest BCUT2D eigenvalue weighted by Gasteiger charge is -2.27. The fraction of sp³-hybridized carbons (Fsp3) is 0.318. The molecule has 4 heterocycles. The zero-order valence-corrected chi connectivity index (χ0v) is 62.4. The molecule has 2 unspecified atom stereocenters. The molecule has 0 fully saturated rings. The first-order valence-electron chi connectivity index (χ1n) is 37.5. The van der Waals surface area contributed by atoms with Crippen molar-refractivity contribution in [1.82, 2.24) is 50.8 Å². The van der Waals surface area contributed by atoms with Crippen LogP contribution >= 0.6 is 0 Å². The number of aromatic nitrogens is 12. The fourth-order valence-corrected chi connectivity index (χ4v) is 14.6. The number of hydrogen-bond donors (Lipinski definition) is 1. The lowest BCUT2D eigenvalue weighted by atomic mass is 9.95. The van der Waals surface area contributed by atoms with Crippen molar-refractivity contribution in [3.05, 3.63) is 218 Å². The van der Waals surface area contributed by atoms with Crippen LogP contribution < -0.4 is 39.4 Å². The van der Waals surface area contributed by atoms with E-state index in [-0.39, 0.29) is 11.8 Å². The second-order valence-electron chi connectivity index (χ2n) is 30.6. The predicted molar refractivity (Wildman–Crippen MR) is 426 cm³/mol. The van der Waals surface area contributed by atoms with Crippen molar-refractivity contribution < 1.29 is 9.59 Å². The highest BCUT2D eigenvalue weighted by atomic mass is 15.5. The minimum atomic E-state index is 0.214. The number of fused-ring (bicyclic) bond motifs is 4. The third-order valence-electron chi connectivity index (χ3n) is 19.4. The Morgan fingerprint density at radius 1 is 0.317 bits per heavy atom. The Kier molecular flexibility index (Phi) is 20.8. The van der Waals surface area contributed by atoms with E-state index in [9.17, 15) is 0 Å². The summed E-state index contributed by atoms with van der Waals surface area (Å²) >= 11 is 0. The average Bonchev–Trinajstić information content (AvgIpc) is 1.54. The molecule has 16 heteroatoms. The van der Waals surface area contributed by atoms with Crippen LogP contribution in [-0.2, 0) is 19.6 Å². The van der Waals surface area contributed by atoms with Gasteiger partial charge in [-0.25, -0.2) is 0 Å². The van der Waals surface area contributed by atoms with Gasteiger partial charge in [-0.15, -0.1) is 0 Å². The van der Waals surface area contributed by atoms with Gasteiger partial charge in [-0.05, 0) is 162 Å². The molecule has 0 saturated heterocycles. The first kappa shape index (κ1) is 70.1. The molecule has 14 rings (SSSR count). The first-order chi connectivity index (χ1) is 50.5. The number of nitrogens with one attached hydrogen (secondary N) is 1. The molecule has 0 aliphatic carbocycles. The standard InChI is InChI=1S/C88H98N16/c1-58(2)51-98(69-25-17-13-18-26-69)73-43-35-65(36-44-73)77-81-82(90-97-89-81)78(66-37-45-74(46-38-66)99(52-59(3)4)70-27-19-14-20-28-70)84-83(77)93-103(94-84)56-63(11)33-34-64(12)57-104-95-87-79(67-39-47-75(48-40-67)100(53-60(5)6)71-29-21-15-22-30-71)85-86(92-102(91-85)55-62(9)10)80(88(87)96-104)68-41-49-76(50-42-68)101(54-61(7)8)72-31-23-16-24-32-72/h13-32,35-50,58-64H,33-34,51-57H2,1-12H3,(H,89,90,97). The van der Waals surface area contributed by atoms with Crippen LogP contribution in [0.2, 0.25) is 0 Å². The van der Waals surface area contributed by atoms with Gasteiger partial charge in [0.1, 0.15) is 22.1 Å². The van der Waals surface area contributed by atoms with Crippen LogP contribution in [0.5, 0.6) is 0 Å². The van der Waals surface area contributed by atoms with Gasteiger partial charge in [-0.3, -0.25) is 0 Å². The summed E-state index contributed by atoms with van der Waals surface area (Å²) in [4.78, 5) is 15.3. The van der Waals surface area contributed by atoms with Gasteiger partial charge in [0.05, 0.1) is 6.54 Å². The molecule has 10 aromatic carbocycles. The summed E-state index contributed by atoms with van der Waals surface area (Å²) < 4.78 is 0. The highest BCUT2D eigenvalue weighted by Gasteiger charge is 2.28. The zero-order chi connectivity index (χ0) is 72.1. The molecule has 0 aliphatic heterocycles. The molecule has 104 heavy (non-hydrogen) atoms. The van der Waals surface area contributed by atoms with Crippen LogP contribution in [0.1, 0.15) is 95.9 Å². The van der Waals surface area contributed by atoms with E-state index in [1.54, 1.807) is 0 Å². The van der Waals surface area contributed by atoms with Crippen LogP contribution in [0.15, 0.2) is 218 Å². The third kappa shape index (κ3) is 15.2. The normalized spacial score (nSPS) is 12.5. The maximum absolute atomic E-state index is 5.55. The lowest BCUT2D eigenvalue weighted by Crippen LogP contribution is -2.43. The summed E-state index contributed by atoms with van der Waals surface area (Å²) in [7, 11) is 0. The van der Waals surface area contributed by atoms with Gasteiger partial charge in [0.25, 0.3) is 0 Å². The Labute approximate surface area is 612 Å². The minimum absolute atomic E-state index is 0.214. The van der Waals surface area contributed by atoms with Crippen molar-refractivity contribution in [1.29, 1.82) is 0 Å². The van der Waals surface area contributed by atoms with Crippen LogP contribution in [0, 0.1) is 41.4 Å². The number of aromatic amines is 1. The number of benzene rings is 10. The summed E-state index contributed by atoms with van der Waals surface area (Å²) in [6, 6.07) is 78.2. The molecule has 0 aliphatic rings. The average molecular weight is 1380 g/mol. The van der Waals surface area contributed by atoms with Crippen molar-refractivity contribution in [2.45, 2.75) is 116 Å². The molecule has 2 atom stereocenters. The Hall–Kier alpha value is -11.0. The van der Waals surface area contributed by atoms with Gasteiger partial charge < -0.3 is 19.6 Å². The van der Waals surface area contributed by atoms with Gasteiger partial charge in [0.15, 0.2) is 13.1 Å². The van der Waals surface area contributed by atoms with Gasteiger partial charge in [-0.2, -0.15) is 60.4 Å². The number of hydrogen-bond acceptors (Lipinski definition) is 10. The molecule has 0 radical (unpaired) electrons. The number of H-pyrrole nitrogens is 1. The largest absolute Gasteiger partial charge is 0.341 e. The van der Waals surface area contributed by atoms with E-state index in [1.165, 1.54) is 0 Å². The molecule has 4 aromatic heterocycles. The lowest BCUT2D eigenvalue weighted by molar-refractivity contribution is -0.809. The number of nitrogens with zero attached hydrogens (tertiary/aromatic N) is 15. The smallest absolute Gasteiger partial charge is 0.165 e. The van der Waals surface area contributed by atoms with Crippen molar-refractivity contribution in [2.24, 2.45) is 41.4 Å². The third-order valence-corrected chi connectivity index (χ3v) is 19.4. The zero-order valence-electron chi connectivity index (χ0n) is 62.4. The SMILES string of the molecule is CC(C)CN(c1ccccc1)c1ccc(-c2c3n[nH]nc3c(-c3ccc(N(CC(C)C)c4ccccc4)cc3)c3[n-][n+](CC(C)CCC(C)Cn4nc5c(-c6ccc(N(CC(C)C)c7ccccc7)cc6)c6n[n+](CC(C)C)[n-]c6c(-c6ccc(N(CC(C)C)c7ccccc7)cc6)c5n4)nc23)cc1. The van der Waals surface area contributed by atoms with E-state index in [0.717, 1.165) is 173 Å². The molecule has 16 nitrogen and oxygen atoms in total. The van der Waals surface area contributed by atoms with Crippen LogP contribution in [0.25, 0.3) is 88.6 Å². The van der Waals surface area contributed by atoms with E-state index in [1.807, 2.05) is 14.4 Å². The highest BCUT2D eigenvalue weighted by molar-refractivity contribution is 6.17. The minimum Gasteiger partial charge on any atom is -0.341 e. The van der Waals surface area contributed by atoms with Gasteiger partial charge in [0.2, 0.25) is 0 Å². The molecule has 0 saturated carbocycles. The van der Waals surface area contributed by atoms with E-state index in [0.29, 0.717) is 49.2 Å². The van der Waals surface area contributed by atoms with Crippen molar-refractivity contribution in [2.75, 3.05) is 45.8 Å². The maximum Gasteiger partial charge on any atom is 0.165 e. The Morgan fingerprint density at radius 3 is 0.952 bits per heavy atom. The molecule has 0 amide bonds. The van der Waals surface area contributed by atoms with Crippen molar-refractivity contribution in [3.8, 4) is 44.5 Å². The topological polar surface area (TPSA) is 147 Å². The Balaban J connectivity index is 0.803. The van der Waals surface area contributed by atoms with Crippen LogP contribution in [0.3, 0.4) is 0 Å². The summed E-state index contributed by atoms with van der Waals surface area (Å²) in [6.07, 6.45) is 1.85. The molecule has 14 aromatic rings. The monoisotopic (exact) mass is 1380 g/mol. The number of anilines is 8. The van der Waals surface area contributed by atoms with E-state index >= 15 is 0 Å². The Morgan fingerprint density at radius 2 is 0.606 bits per heavy atom.